The van der Waals surface area contributed by atoms with Gasteiger partial charge in [-0.15, -0.1) is 10.2 Å². The Morgan fingerprint density at radius 1 is 1.79 bits per heavy atom. The molecule has 14 heavy (non-hydrogen) atoms. The third-order valence-electron chi connectivity index (χ3n) is 2.20. The molecule has 0 bridgehead atoms. The third kappa shape index (κ3) is 2.49. The summed E-state index contributed by atoms with van der Waals surface area (Å²) in [6.07, 6.45) is 2.78. The molecule has 1 amide bonds. The number of nitrogens with zero attached hydrogens (tertiary/aromatic N) is 2. The number of nitrogens with one attached hydrogen (secondary N) is 2. The number of carbonyl (C=O) groups is 1. The van der Waals surface area contributed by atoms with Crippen molar-refractivity contribution in [3.63, 3.8) is 0 Å². The predicted molar refractivity (Wildman–Crippen MR) is 54.2 cm³/mol. The number of rotatable bonds is 3. The van der Waals surface area contributed by atoms with Crippen LogP contribution in [0, 0.1) is 0 Å². The quantitative estimate of drug-likeness (QED) is 0.770. The highest BCUT2D eigenvalue weighted by atomic mass is 32.1. The third-order valence-corrected chi connectivity index (χ3v) is 2.81. The molecule has 0 aliphatic carbocycles. The predicted octanol–water partition coefficient (Wildman–Crippen LogP) is 0.619. The fraction of sp³-hybridized carbons (Fsp3) is 0.625. The normalized spacial score (nSPS) is 21.0. The van der Waals surface area contributed by atoms with Crippen LogP contribution in [0.3, 0.4) is 0 Å². The molecule has 0 aromatic carbocycles. The van der Waals surface area contributed by atoms with Crippen molar-refractivity contribution in [2.24, 2.45) is 0 Å². The molecule has 6 heteroatoms. The van der Waals surface area contributed by atoms with Gasteiger partial charge in [0.05, 0.1) is 0 Å². The maximum Gasteiger partial charge on any atom is 0.227 e. The molecule has 1 aromatic rings. The summed E-state index contributed by atoms with van der Waals surface area (Å²) in [7, 11) is 0. The van der Waals surface area contributed by atoms with Crippen molar-refractivity contribution >= 4 is 22.4 Å². The van der Waals surface area contributed by atoms with Gasteiger partial charge < -0.3 is 10.6 Å². The summed E-state index contributed by atoms with van der Waals surface area (Å²) < 4.78 is 0. The van der Waals surface area contributed by atoms with E-state index in [1.54, 1.807) is 5.51 Å². The highest BCUT2D eigenvalue weighted by Crippen LogP contribution is 2.12. The van der Waals surface area contributed by atoms with Crippen molar-refractivity contribution in [1.82, 2.24) is 15.5 Å². The van der Waals surface area contributed by atoms with E-state index < -0.39 is 0 Å². The molecular weight excluding hydrogens is 200 g/mol. The summed E-state index contributed by atoms with van der Waals surface area (Å²) >= 11 is 1.33. The van der Waals surface area contributed by atoms with Crippen molar-refractivity contribution in [2.75, 3.05) is 11.9 Å². The zero-order chi connectivity index (χ0) is 9.80. The van der Waals surface area contributed by atoms with Gasteiger partial charge in [0.15, 0.2) is 0 Å². The Morgan fingerprint density at radius 3 is 3.36 bits per heavy atom. The molecule has 1 aliphatic rings. The topological polar surface area (TPSA) is 66.9 Å². The summed E-state index contributed by atoms with van der Waals surface area (Å²) in [5.74, 6) is 0.0150. The average molecular weight is 212 g/mol. The summed E-state index contributed by atoms with van der Waals surface area (Å²) in [5.41, 5.74) is 1.60. The van der Waals surface area contributed by atoms with E-state index in [2.05, 4.69) is 20.8 Å². The molecular formula is C8H12N4OS. The van der Waals surface area contributed by atoms with Gasteiger partial charge in [-0.25, -0.2) is 0 Å². The monoisotopic (exact) mass is 212 g/mol. The fourth-order valence-corrected chi connectivity index (χ4v) is 2.01. The lowest BCUT2D eigenvalue weighted by molar-refractivity contribution is -0.116. The Morgan fingerprint density at radius 2 is 2.71 bits per heavy atom. The maximum absolute atomic E-state index is 11.5. The standard InChI is InChI=1S/C8H12N4OS/c13-7(4-6-2-1-3-9-6)11-8-12-10-5-14-8/h5-6,9H,1-4H2,(H,11,12,13). The van der Waals surface area contributed by atoms with Gasteiger partial charge in [-0.1, -0.05) is 11.3 Å². The fourth-order valence-electron chi connectivity index (χ4n) is 1.55. The van der Waals surface area contributed by atoms with Crippen LogP contribution in [-0.4, -0.2) is 28.7 Å². The average Bonchev–Trinajstić information content (AvgIpc) is 2.76. The van der Waals surface area contributed by atoms with Gasteiger partial charge in [-0.05, 0) is 19.4 Å². The number of aromatic nitrogens is 2. The summed E-state index contributed by atoms with van der Waals surface area (Å²) in [4.78, 5) is 11.5. The van der Waals surface area contributed by atoms with E-state index in [-0.39, 0.29) is 5.91 Å². The van der Waals surface area contributed by atoms with Crippen LogP contribution in [0.4, 0.5) is 5.13 Å². The van der Waals surface area contributed by atoms with Gasteiger partial charge in [0.2, 0.25) is 11.0 Å². The lowest BCUT2D eigenvalue weighted by Gasteiger charge is -2.08. The Bertz CT molecular complexity index is 294. The molecule has 2 heterocycles. The molecule has 1 aliphatic heterocycles. The first-order chi connectivity index (χ1) is 6.84. The Hall–Kier alpha value is -1.01. The SMILES string of the molecule is O=C(CC1CCCN1)Nc1nncs1. The minimum atomic E-state index is 0.0150. The van der Waals surface area contributed by atoms with E-state index in [1.807, 2.05) is 0 Å². The van der Waals surface area contributed by atoms with Crippen LogP contribution in [0.25, 0.3) is 0 Å². The zero-order valence-electron chi connectivity index (χ0n) is 7.69. The van der Waals surface area contributed by atoms with Crippen LogP contribution in [0.1, 0.15) is 19.3 Å². The second-order valence-corrected chi connectivity index (χ2v) is 4.12. The van der Waals surface area contributed by atoms with Crippen LogP contribution in [-0.2, 0) is 4.79 Å². The minimum absolute atomic E-state index is 0.0150. The van der Waals surface area contributed by atoms with Gasteiger partial charge in [0, 0.05) is 12.5 Å². The lowest BCUT2D eigenvalue weighted by Crippen LogP contribution is -2.27. The van der Waals surface area contributed by atoms with E-state index >= 15 is 0 Å². The van der Waals surface area contributed by atoms with Crippen molar-refractivity contribution in [2.45, 2.75) is 25.3 Å². The van der Waals surface area contributed by atoms with Gasteiger partial charge >= 0.3 is 0 Å². The van der Waals surface area contributed by atoms with E-state index in [1.165, 1.54) is 11.3 Å². The smallest absolute Gasteiger partial charge is 0.227 e. The van der Waals surface area contributed by atoms with E-state index in [0.717, 1.165) is 19.4 Å². The van der Waals surface area contributed by atoms with Gasteiger partial charge in [0.1, 0.15) is 5.51 Å². The molecule has 2 rings (SSSR count). The second-order valence-electron chi connectivity index (χ2n) is 3.29. The molecule has 1 aromatic heterocycles. The van der Waals surface area contributed by atoms with Crippen LogP contribution >= 0.6 is 11.3 Å². The number of hydrogen-bond donors (Lipinski definition) is 2. The maximum atomic E-state index is 11.5. The largest absolute Gasteiger partial charge is 0.313 e. The van der Waals surface area contributed by atoms with Crippen LogP contribution in [0.2, 0.25) is 0 Å². The second kappa shape index (κ2) is 4.47. The van der Waals surface area contributed by atoms with E-state index in [4.69, 9.17) is 0 Å². The highest BCUT2D eigenvalue weighted by molar-refractivity contribution is 7.13. The van der Waals surface area contributed by atoms with Crippen molar-refractivity contribution < 1.29 is 4.79 Å². The molecule has 0 spiro atoms. The summed E-state index contributed by atoms with van der Waals surface area (Å²) in [6.45, 7) is 1.02. The molecule has 76 valence electrons. The summed E-state index contributed by atoms with van der Waals surface area (Å²) in [5, 5.41) is 14.0. The molecule has 1 fully saturated rings. The van der Waals surface area contributed by atoms with Crippen molar-refractivity contribution in [3.8, 4) is 0 Å². The number of hydrogen-bond acceptors (Lipinski definition) is 5. The Kier molecular flexibility index (Phi) is 3.05. The first kappa shape index (κ1) is 9.54. The van der Waals surface area contributed by atoms with Crippen molar-refractivity contribution in [1.29, 1.82) is 0 Å². The van der Waals surface area contributed by atoms with Gasteiger partial charge in [-0.3, -0.25) is 4.79 Å². The first-order valence-corrected chi connectivity index (χ1v) is 5.52. The van der Waals surface area contributed by atoms with E-state index in [9.17, 15) is 4.79 Å². The molecule has 0 saturated carbocycles. The molecule has 0 radical (unpaired) electrons. The zero-order valence-corrected chi connectivity index (χ0v) is 8.51. The van der Waals surface area contributed by atoms with Gasteiger partial charge in [-0.2, -0.15) is 0 Å². The molecule has 1 unspecified atom stereocenters. The van der Waals surface area contributed by atoms with E-state index in [0.29, 0.717) is 17.6 Å². The van der Waals surface area contributed by atoms with Crippen LogP contribution < -0.4 is 10.6 Å². The molecule has 1 atom stereocenters. The number of amides is 1. The first-order valence-electron chi connectivity index (χ1n) is 4.64. The molecule has 5 nitrogen and oxygen atoms in total. The highest BCUT2D eigenvalue weighted by Gasteiger charge is 2.17. The van der Waals surface area contributed by atoms with Crippen LogP contribution in [0.15, 0.2) is 5.51 Å². The number of anilines is 1. The Balaban J connectivity index is 1.78. The molecule has 1 saturated heterocycles. The lowest BCUT2D eigenvalue weighted by atomic mass is 10.1. The minimum Gasteiger partial charge on any atom is -0.313 e. The summed E-state index contributed by atoms with van der Waals surface area (Å²) in [6, 6.07) is 0.336. The van der Waals surface area contributed by atoms with Gasteiger partial charge in [0.25, 0.3) is 0 Å². The van der Waals surface area contributed by atoms with Crippen LogP contribution in [0.5, 0.6) is 0 Å². The Labute approximate surface area is 85.9 Å². The van der Waals surface area contributed by atoms with Crippen molar-refractivity contribution in [3.05, 3.63) is 5.51 Å². The number of carbonyl (C=O) groups excluding carboxylic acids is 1. The molecule has 2 N–H and O–H groups in total.